The lowest BCUT2D eigenvalue weighted by molar-refractivity contribution is 0.931. The third-order valence-corrected chi connectivity index (χ3v) is 2.16. The van der Waals surface area contributed by atoms with Crippen LogP contribution < -0.4 is 5.73 Å². The van der Waals surface area contributed by atoms with Crippen molar-refractivity contribution in [3.8, 4) is 0 Å². The first kappa shape index (κ1) is 10.4. The molecule has 1 rings (SSSR count). The van der Waals surface area contributed by atoms with Crippen LogP contribution in [0.4, 0.5) is 0 Å². The fraction of sp³-hybridized carbons (Fsp3) is 0.167. The molecule has 0 radical (unpaired) electrons. The average molecular weight is 188 g/mol. The molecule has 74 valence electrons. The Hall–Kier alpha value is -1.70. The van der Waals surface area contributed by atoms with E-state index in [1.54, 1.807) is 6.08 Å². The zero-order valence-corrected chi connectivity index (χ0v) is 8.34. The Morgan fingerprint density at radius 3 is 2.64 bits per heavy atom. The minimum Gasteiger partial charge on any atom is -0.403 e. The molecule has 0 bridgehead atoms. The van der Waals surface area contributed by atoms with Crippen molar-refractivity contribution in [2.45, 2.75) is 12.8 Å². The summed E-state index contributed by atoms with van der Waals surface area (Å²) in [5, 5.41) is 0. The van der Waals surface area contributed by atoms with E-state index in [9.17, 15) is 0 Å². The van der Waals surface area contributed by atoms with Crippen LogP contribution in [0.1, 0.15) is 23.2 Å². The molecule has 14 heavy (non-hydrogen) atoms. The van der Waals surface area contributed by atoms with Crippen LogP contribution in [0.2, 0.25) is 0 Å². The van der Waals surface area contributed by atoms with Gasteiger partial charge < -0.3 is 10.7 Å². The Balaban J connectivity index is 2.86. The van der Waals surface area contributed by atoms with Gasteiger partial charge in [-0.05, 0) is 24.5 Å². The number of allylic oxidation sites excluding steroid dienone is 1. The van der Waals surface area contributed by atoms with Gasteiger partial charge in [-0.1, -0.05) is 25.8 Å². The number of hydrogen-bond donors (Lipinski definition) is 2. The highest BCUT2D eigenvalue weighted by atomic mass is 14.7. The van der Waals surface area contributed by atoms with Gasteiger partial charge in [0.1, 0.15) is 0 Å². The maximum absolute atomic E-state index is 5.52. The van der Waals surface area contributed by atoms with E-state index in [1.807, 2.05) is 12.3 Å². The van der Waals surface area contributed by atoms with Gasteiger partial charge in [0.05, 0.1) is 0 Å². The Kier molecular flexibility index (Phi) is 3.35. The van der Waals surface area contributed by atoms with E-state index in [0.29, 0.717) is 5.70 Å². The van der Waals surface area contributed by atoms with Gasteiger partial charge in [0.2, 0.25) is 0 Å². The molecule has 0 aromatic carbocycles. The second-order valence-electron chi connectivity index (χ2n) is 3.21. The standard InChI is InChI=1S/C12H16N2/c1-4-11-10(7-6-9(3)13)8-14-12(11)5-2/h4-5,8,14H,1-3,6-7,13H2. The zero-order valence-electron chi connectivity index (χ0n) is 8.34. The fourth-order valence-electron chi connectivity index (χ4n) is 1.41. The second-order valence-corrected chi connectivity index (χ2v) is 3.21. The molecule has 0 aliphatic heterocycles. The average Bonchev–Trinajstić information content (AvgIpc) is 2.56. The van der Waals surface area contributed by atoms with Gasteiger partial charge in [-0.3, -0.25) is 0 Å². The number of aromatic amines is 1. The molecule has 1 heterocycles. The lowest BCUT2D eigenvalue weighted by Gasteiger charge is -2.00. The fourth-order valence-corrected chi connectivity index (χ4v) is 1.41. The summed E-state index contributed by atoms with van der Waals surface area (Å²) in [7, 11) is 0. The molecule has 0 fully saturated rings. The topological polar surface area (TPSA) is 41.8 Å². The summed E-state index contributed by atoms with van der Waals surface area (Å²) in [5.74, 6) is 0. The number of nitrogens with one attached hydrogen (secondary N) is 1. The number of aromatic nitrogens is 1. The van der Waals surface area contributed by atoms with Crippen molar-refractivity contribution >= 4 is 12.2 Å². The van der Waals surface area contributed by atoms with Crippen LogP contribution in [-0.4, -0.2) is 4.98 Å². The number of hydrogen-bond acceptors (Lipinski definition) is 1. The first-order valence-electron chi connectivity index (χ1n) is 4.57. The second kappa shape index (κ2) is 4.51. The van der Waals surface area contributed by atoms with Crippen molar-refractivity contribution in [3.05, 3.63) is 48.5 Å². The molecule has 2 heteroatoms. The molecule has 0 aliphatic rings. The first-order valence-corrected chi connectivity index (χ1v) is 4.57. The largest absolute Gasteiger partial charge is 0.403 e. The maximum Gasteiger partial charge on any atom is 0.0450 e. The molecule has 0 amide bonds. The summed E-state index contributed by atoms with van der Waals surface area (Å²) in [5.41, 5.74) is 9.56. The molecule has 0 saturated heterocycles. The molecule has 0 atom stereocenters. The van der Waals surface area contributed by atoms with Gasteiger partial charge >= 0.3 is 0 Å². The zero-order chi connectivity index (χ0) is 10.6. The van der Waals surface area contributed by atoms with Crippen LogP contribution >= 0.6 is 0 Å². The Labute approximate surface area is 84.8 Å². The van der Waals surface area contributed by atoms with Crippen LogP contribution in [0.3, 0.4) is 0 Å². The van der Waals surface area contributed by atoms with E-state index in [2.05, 4.69) is 24.7 Å². The van der Waals surface area contributed by atoms with Crippen LogP contribution in [0.25, 0.3) is 12.2 Å². The molecule has 2 nitrogen and oxygen atoms in total. The molecule has 0 spiro atoms. The number of nitrogens with two attached hydrogens (primary N) is 1. The maximum atomic E-state index is 5.52. The number of H-pyrrole nitrogens is 1. The molecule has 0 aliphatic carbocycles. The lowest BCUT2D eigenvalue weighted by Crippen LogP contribution is -1.97. The van der Waals surface area contributed by atoms with E-state index >= 15 is 0 Å². The van der Waals surface area contributed by atoms with Gasteiger partial charge in [0, 0.05) is 23.2 Å². The number of aryl methyl sites for hydroxylation is 1. The Bertz CT molecular complexity index is 358. The normalized spacial score (nSPS) is 9.71. The van der Waals surface area contributed by atoms with Gasteiger partial charge in [0.25, 0.3) is 0 Å². The lowest BCUT2D eigenvalue weighted by atomic mass is 10.1. The SMILES string of the molecule is C=Cc1[nH]cc(CCC(=C)N)c1C=C. The highest BCUT2D eigenvalue weighted by molar-refractivity contribution is 5.64. The summed E-state index contributed by atoms with van der Waals surface area (Å²) >= 11 is 0. The molecule has 1 aromatic rings. The van der Waals surface area contributed by atoms with Gasteiger partial charge in [-0.15, -0.1) is 0 Å². The van der Waals surface area contributed by atoms with Gasteiger partial charge in [-0.25, -0.2) is 0 Å². The van der Waals surface area contributed by atoms with Crippen molar-refractivity contribution in [2.75, 3.05) is 0 Å². The molecule has 0 saturated carbocycles. The van der Waals surface area contributed by atoms with Crippen molar-refractivity contribution in [1.82, 2.24) is 4.98 Å². The predicted octanol–water partition coefficient (Wildman–Crippen LogP) is 2.71. The van der Waals surface area contributed by atoms with Crippen molar-refractivity contribution in [3.63, 3.8) is 0 Å². The van der Waals surface area contributed by atoms with E-state index in [4.69, 9.17) is 5.73 Å². The predicted molar refractivity (Wildman–Crippen MR) is 62.6 cm³/mol. The molecular formula is C12H16N2. The monoisotopic (exact) mass is 188 g/mol. The van der Waals surface area contributed by atoms with E-state index in [1.165, 1.54) is 5.56 Å². The summed E-state index contributed by atoms with van der Waals surface area (Å²) in [6, 6.07) is 0. The van der Waals surface area contributed by atoms with Crippen molar-refractivity contribution in [2.24, 2.45) is 5.73 Å². The van der Waals surface area contributed by atoms with Crippen molar-refractivity contribution in [1.29, 1.82) is 0 Å². The van der Waals surface area contributed by atoms with Crippen molar-refractivity contribution < 1.29 is 0 Å². The third-order valence-electron chi connectivity index (χ3n) is 2.16. The summed E-state index contributed by atoms with van der Waals surface area (Å²) in [4.78, 5) is 3.14. The molecule has 0 unspecified atom stereocenters. The molecule has 1 aromatic heterocycles. The Morgan fingerprint density at radius 2 is 2.14 bits per heavy atom. The summed E-state index contributed by atoms with van der Waals surface area (Å²) in [6.07, 6.45) is 7.28. The first-order chi connectivity index (χ1) is 6.69. The summed E-state index contributed by atoms with van der Waals surface area (Å²) in [6.45, 7) is 11.2. The minimum atomic E-state index is 0.710. The highest BCUT2D eigenvalue weighted by Gasteiger charge is 2.05. The van der Waals surface area contributed by atoms with Gasteiger partial charge in [-0.2, -0.15) is 0 Å². The molecule has 3 N–H and O–H groups in total. The van der Waals surface area contributed by atoms with Crippen LogP contribution in [0.5, 0.6) is 0 Å². The smallest absolute Gasteiger partial charge is 0.0450 e. The van der Waals surface area contributed by atoms with Crippen LogP contribution in [0.15, 0.2) is 31.6 Å². The van der Waals surface area contributed by atoms with Gasteiger partial charge in [0.15, 0.2) is 0 Å². The molecular weight excluding hydrogens is 172 g/mol. The third kappa shape index (κ3) is 2.16. The number of rotatable bonds is 5. The quantitative estimate of drug-likeness (QED) is 0.733. The minimum absolute atomic E-state index is 0.710. The van der Waals surface area contributed by atoms with E-state index in [0.717, 1.165) is 24.1 Å². The van der Waals surface area contributed by atoms with E-state index in [-0.39, 0.29) is 0 Å². The van der Waals surface area contributed by atoms with Crippen LogP contribution in [0, 0.1) is 0 Å². The van der Waals surface area contributed by atoms with Crippen LogP contribution in [-0.2, 0) is 6.42 Å². The highest BCUT2D eigenvalue weighted by Crippen LogP contribution is 2.18. The summed E-state index contributed by atoms with van der Waals surface area (Å²) < 4.78 is 0. The Morgan fingerprint density at radius 1 is 1.43 bits per heavy atom. The van der Waals surface area contributed by atoms with E-state index < -0.39 is 0 Å².